The maximum atomic E-state index is 12.5. The Morgan fingerprint density at radius 3 is 2.62 bits per heavy atom. The number of anilines is 1. The van der Waals surface area contributed by atoms with Crippen LogP contribution >= 0.6 is 11.6 Å². The quantitative estimate of drug-likeness (QED) is 0.873. The van der Waals surface area contributed by atoms with Crippen LogP contribution in [0.15, 0.2) is 18.2 Å². The van der Waals surface area contributed by atoms with E-state index in [1.54, 1.807) is 18.2 Å². The summed E-state index contributed by atoms with van der Waals surface area (Å²) < 4.78 is 5.58. The molecule has 1 amide bonds. The molecule has 1 fully saturated rings. The molecule has 2 rings (SSSR count). The van der Waals surface area contributed by atoms with E-state index in [0.29, 0.717) is 23.0 Å². The minimum absolute atomic E-state index is 0.00362. The van der Waals surface area contributed by atoms with Crippen molar-refractivity contribution in [2.24, 2.45) is 11.1 Å². The first-order valence-corrected chi connectivity index (χ1v) is 7.82. The molecule has 0 aromatic heterocycles. The number of carbonyl (C=O) groups excluding carboxylic acids is 1. The number of nitrogens with one attached hydrogen (secondary N) is 1. The third-order valence-electron chi connectivity index (χ3n) is 3.99. The molecule has 1 saturated carbocycles. The lowest BCUT2D eigenvalue weighted by Crippen LogP contribution is -2.40. The second-order valence-electron chi connectivity index (χ2n) is 5.96. The topological polar surface area (TPSA) is 64.3 Å². The van der Waals surface area contributed by atoms with Gasteiger partial charge in [0.1, 0.15) is 5.75 Å². The van der Waals surface area contributed by atoms with Gasteiger partial charge in [0.05, 0.1) is 16.5 Å². The Balaban J connectivity index is 2.09. The van der Waals surface area contributed by atoms with E-state index in [1.807, 2.05) is 13.8 Å². The number of carbonyl (C=O) groups is 1. The van der Waals surface area contributed by atoms with E-state index in [9.17, 15) is 4.79 Å². The molecule has 0 aliphatic heterocycles. The minimum atomic E-state index is -0.417. The van der Waals surface area contributed by atoms with Gasteiger partial charge in [-0.2, -0.15) is 0 Å². The second-order valence-corrected chi connectivity index (χ2v) is 6.36. The van der Waals surface area contributed by atoms with Crippen molar-refractivity contribution >= 4 is 23.2 Å². The molecule has 5 heteroatoms. The van der Waals surface area contributed by atoms with Crippen LogP contribution in [0.25, 0.3) is 0 Å². The maximum absolute atomic E-state index is 12.5. The van der Waals surface area contributed by atoms with Gasteiger partial charge in [0, 0.05) is 12.2 Å². The summed E-state index contributed by atoms with van der Waals surface area (Å²) in [6.07, 6.45) is 3.90. The number of ether oxygens (including phenoxy) is 1. The van der Waals surface area contributed by atoms with Crippen LogP contribution in [0.5, 0.6) is 5.75 Å². The molecule has 0 saturated heterocycles. The zero-order valence-corrected chi connectivity index (χ0v) is 13.4. The number of benzene rings is 1. The molecular formula is C16H23ClN2O2. The van der Waals surface area contributed by atoms with Gasteiger partial charge < -0.3 is 15.8 Å². The van der Waals surface area contributed by atoms with Crippen LogP contribution in [0.3, 0.4) is 0 Å². The zero-order valence-electron chi connectivity index (χ0n) is 12.6. The van der Waals surface area contributed by atoms with Crippen molar-refractivity contribution in [3.05, 3.63) is 23.2 Å². The highest BCUT2D eigenvalue weighted by Gasteiger charge is 2.39. The largest absolute Gasteiger partial charge is 0.489 e. The molecule has 0 heterocycles. The summed E-state index contributed by atoms with van der Waals surface area (Å²) in [6.45, 7) is 4.27. The molecule has 1 aromatic rings. The lowest BCUT2D eigenvalue weighted by Gasteiger charge is -2.25. The number of rotatable bonds is 5. The van der Waals surface area contributed by atoms with Crippen LogP contribution in [0.4, 0.5) is 5.69 Å². The Kier molecular flexibility index (Phi) is 5.12. The smallest absolute Gasteiger partial charge is 0.231 e. The molecule has 0 bridgehead atoms. The van der Waals surface area contributed by atoms with Gasteiger partial charge >= 0.3 is 0 Å². The molecule has 0 spiro atoms. The number of halogens is 1. The summed E-state index contributed by atoms with van der Waals surface area (Å²) in [5.74, 6) is 0.621. The minimum Gasteiger partial charge on any atom is -0.489 e. The van der Waals surface area contributed by atoms with Crippen molar-refractivity contribution in [1.29, 1.82) is 0 Å². The van der Waals surface area contributed by atoms with Crippen LogP contribution in [0, 0.1) is 5.41 Å². The Labute approximate surface area is 131 Å². The van der Waals surface area contributed by atoms with E-state index in [2.05, 4.69) is 5.32 Å². The van der Waals surface area contributed by atoms with E-state index in [1.165, 1.54) is 0 Å². The maximum Gasteiger partial charge on any atom is 0.231 e. The zero-order chi connectivity index (χ0) is 15.5. The Morgan fingerprint density at radius 1 is 1.43 bits per heavy atom. The Hall–Kier alpha value is -1.26. The summed E-state index contributed by atoms with van der Waals surface area (Å²) in [4.78, 5) is 12.5. The highest BCUT2D eigenvalue weighted by Crippen LogP contribution is 2.38. The number of hydrogen-bond acceptors (Lipinski definition) is 3. The third-order valence-corrected chi connectivity index (χ3v) is 4.28. The van der Waals surface area contributed by atoms with Gasteiger partial charge in [-0.3, -0.25) is 4.79 Å². The van der Waals surface area contributed by atoms with Gasteiger partial charge in [-0.25, -0.2) is 0 Å². The fourth-order valence-corrected chi connectivity index (χ4v) is 2.99. The highest BCUT2D eigenvalue weighted by molar-refractivity contribution is 6.32. The molecule has 1 aliphatic rings. The normalized spacial score (nSPS) is 17.0. The van der Waals surface area contributed by atoms with Crippen LogP contribution < -0.4 is 15.8 Å². The standard InChI is InChI=1S/C16H23ClN2O2/c1-11(2)21-14-6-5-12(9-13(14)17)19-15(20)16(10-18)7-3-4-8-16/h5-6,9,11H,3-4,7-8,10,18H2,1-2H3,(H,19,20). The van der Waals surface area contributed by atoms with E-state index < -0.39 is 5.41 Å². The SMILES string of the molecule is CC(C)Oc1ccc(NC(=O)C2(CN)CCCC2)cc1Cl. The van der Waals surface area contributed by atoms with Gasteiger partial charge in [-0.05, 0) is 44.9 Å². The van der Waals surface area contributed by atoms with Gasteiger partial charge in [-0.1, -0.05) is 24.4 Å². The van der Waals surface area contributed by atoms with Crippen molar-refractivity contribution in [1.82, 2.24) is 0 Å². The summed E-state index contributed by atoms with van der Waals surface area (Å²) in [6, 6.07) is 5.30. The molecule has 0 unspecified atom stereocenters. The van der Waals surface area contributed by atoms with E-state index >= 15 is 0 Å². The summed E-state index contributed by atoms with van der Waals surface area (Å²) in [5, 5.41) is 3.43. The molecule has 1 aromatic carbocycles. The summed E-state index contributed by atoms with van der Waals surface area (Å²) >= 11 is 6.18. The van der Waals surface area contributed by atoms with E-state index in [-0.39, 0.29) is 12.0 Å². The Bertz CT molecular complexity index is 511. The first-order valence-electron chi connectivity index (χ1n) is 7.44. The van der Waals surface area contributed by atoms with Gasteiger partial charge in [0.2, 0.25) is 5.91 Å². The average molecular weight is 311 g/mol. The van der Waals surface area contributed by atoms with Gasteiger partial charge in [-0.15, -0.1) is 0 Å². The van der Waals surface area contributed by atoms with Crippen LogP contribution in [-0.2, 0) is 4.79 Å². The van der Waals surface area contributed by atoms with E-state index in [4.69, 9.17) is 22.1 Å². The summed E-state index contributed by atoms with van der Waals surface area (Å²) in [7, 11) is 0. The molecular weight excluding hydrogens is 288 g/mol. The molecule has 1 aliphatic carbocycles. The van der Waals surface area contributed by atoms with Crippen LogP contribution in [0.2, 0.25) is 5.02 Å². The van der Waals surface area contributed by atoms with Crippen molar-refractivity contribution in [2.75, 3.05) is 11.9 Å². The van der Waals surface area contributed by atoms with Crippen LogP contribution in [0.1, 0.15) is 39.5 Å². The molecule has 0 radical (unpaired) electrons. The number of amides is 1. The van der Waals surface area contributed by atoms with Gasteiger partial charge in [0.25, 0.3) is 0 Å². The summed E-state index contributed by atoms with van der Waals surface area (Å²) in [5.41, 5.74) is 6.09. The molecule has 4 nitrogen and oxygen atoms in total. The first-order chi connectivity index (χ1) is 9.97. The molecule has 116 valence electrons. The third kappa shape index (κ3) is 3.69. The van der Waals surface area contributed by atoms with Crippen LogP contribution in [-0.4, -0.2) is 18.6 Å². The molecule has 21 heavy (non-hydrogen) atoms. The predicted octanol–water partition coefficient (Wildman–Crippen LogP) is 3.58. The predicted molar refractivity (Wildman–Crippen MR) is 85.8 cm³/mol. The van der Waals surface area contributed by atoms with E-state index in [0.717, 1.165) is 25.7 Å². The number of hydrogen-bond donors (Lipinski definition) is 2. The first kappa shape index (κ1) is 16.1. The van der Waals surface area contributed by atoms with Crippen molar-refractivity contribution < 1.29 is 9.53 Å². The Morgan fingerprint density at radius 2 is 2.10 bits per heavy atom. The highest BCUT2D eigenvalue weighted by atomic mass is 35.5. The molecule has 0 atom stereocenters. The lowest BCUT2D eigenvalue weighted by molar-refractivity contribution is -0.124. The monoisotopic (exact) mass is 310 g/mol. The second kappa shape index (κ2) is 6.67. The fraction of sp³-hybridized carbons (Fsp3) is 0.562. The lowest BCUT2D eigenvalue weighted by atomic mass is 9.85. The average Bonchev–Trinajstić information content (AvgIpc) is 2.91. The van der Waals surface area contributed by atoms with Crippen molar-refractivity contribution in [3.8, 4) is 5.75 Å². The van der Waals surface area contributed by atoms with Gasteiger partial charge in [0.15, 0.2) is 0 Å². The van der Waals surface area contributed by atoms with Crippen molar-refractivity contribution in [3.63, 3.8) is 0 Å². The fourth-order valence-electron chi connectivity index (χ4n) is 2.77. The van der Waals surface area contributed by atoms with Crippen molar-refractivity contribution in [2.45, 2.75) is 45.6 Å². The molecule has 3 N–H and O–H groups in total. The number of nitrogens with two attached hydrogens (primary N) is 1.